The monoisotopic (exact) mass is 374 g/mol. The molecule has 0 bridgehead atoms. The Balaban J connectivity index is 1.32. The summed E-state index contributed by atoms with van der Waals surface area (Å²) < 4.78 is 13.0. The molecule has 1 aliphatic heterocycles. The van der Waals surface area contributed by atoms with E-state index in [4.69, 9.17) is 0 Å². The Morgan fingerprint density at radius 2 is 1.54 bits per heavy atom. The van der Waals surface area contributed by atoms with Gasteiger partial charge in [-0.25, -0.2) is 4.39 Å². The second-order valence-electron chi connectivity index (χ2n) is 9.22. The van der Waals surface area contributed by atoms with Gasteiger partial charge in [0, 0.05) is 8.80 Å². The van der Waals surface area contributed by atoms with Crippen molar-refractivity contribution in [3.8, 4) is 0 Å². The van der Waals surface area contributed by atoms with Gasteiger partial charge in [-0.15, -0.1) is 0 Å². The van der Waals surface area contributed by atoms with Crippen molar-refractivity contribution in [2.45, 2.75) is 95.7 Å². The molecule has 1 saturated carbocycles. The van der Waals surface area contributed by atoms with Crippen LogP contribution in [0.5, 0.6) is 0 Å². The molecule has 3 rings (SSSR count). The molecule has 1 aromatic rings. The number of hydrogen-bond acceptors (Lipinski definition) is 0. The molecule has 0 atom stereocenters. The molecule has 1 aliphatic carbocycles. The minimum absolute atomic E-state index is 0.114. The van der Waals surface area contributed by atoms with E-state index < -0.39 is 0 Å². The zero-order valence-electron chi connectivity index (χ0n) is 16.9. The molecule has 146 valence electrons. The highest BCUT2D eigenvalue weighted by atomic mass is 28.3. The average Bonchev–Trinajstić information content (AvgIpc) is 2.69. The SMILES string of the molecule is CCCCC[Si@H]1CC[C@H]([C@H]2CC[C@H](CCc3ccc(F)cc3)CC2)CC1. The van der Waals surface area contributed by atoms with Crippen LogP contribution in [0.4, 0.5) is 4.39 Å². The molecule has 2 heteroatoms. The molecular formula is C24H39FSi. The second kappa shape index (κ2) is 10.6. The summed E-state index contributed by atoms with van der Waals surface area (Å²) in [4.78, 5) is 0. The van der Waals surface area contributed by atoms with Gasteiger partial charge < -0.3 is 0 Å². The Labute approximate surface area is 162 Å². The largest absolute Gasteiger partial charge is 0.207 e. The summed E-state index contributed by atoms with van der Waals surface area (Å²) in [6.45, 7) is 2.33. The van der Waals surface area contributed by atoms with Gasteiger partial charge in [0.2, 0.25) is 0 Å². The number of unbranched alkanes of at least 4 members (excludes halogenated alkanes) is 2. The van der Waals surface area contributed by atoms with Gasteiger partial charge in [0.15, 0.2) is 0 Å². The van der Waals surface area contributed by atoms with E-state index in [2.05, 4.69) is 6.92 Å². The molecular weight excluding hydrogens is 335 g/mol. The quantitative estimate of drug-likeness (QED) is 0.328. The summed E-state index contributed by atoms with van der Waals surface area (Å²) >= 11 is 0. The van der Waals surface area contributed by atoms with Crippen LogP contribution in [0, 0.1) is 23.6 Å². The minimum Gasteiger partial charge on any atom is -0.207 e. The van der Waals surface area contributed by atoms with Crippen molar-refractivity contribution in [1.29, 1.82) is 0 Å². The van der Waals surface area contributed by atoms with Crippen molar-refractivity contribution in [2.75, 3.05) is 0 Å². The highest BCUT2D eigenvalue weighted by Crippen LogP contribution is 2.41. The predicted octanol–water partition coefficient (Wildman–Crippen LogP) is 7.39. The molecule has 26 heavy (non-hydrogen) atoms. The van der Waals surface area contributed by atoms with Gasteiger partial charge in [0.25, 0.3) is 0 Å². The Kier molecular flexibility index (Phi) is 8.23. The van der Waals surface area contributed by atoms with Gasteiger partial charge in [0.1, 0.15) is 5.82 Å². The van der Waals surface area contributed by atoms with E-state index in [1.165, 1.54) is 56.9 Å². The van der Waals surface area contributed by atoms with Crippen LogP contribution >= 0.6 is 0 Å². The Morgan fingerprint density at radius 1 is 0.885 bits per heavy atom. The normalized spacial score (nSPS) is 29.6. The summed E-state index contributed by atoms with van der Waals surface area (Å²) in [7, 11) is -0.339. The van der Waals surface area contributed by atoms with Crippen LogP contribution in [0.25, 0.3) is 0 Å². The van der Waals surface area contributed by atoms with Crippen molar-refractivity contribution >= 4 is 8.80 Å². The second-order valence-corrected chi connectivity index (χ2v) is 12.7. The van der Waals surface area contributed by atoms with Crippen LogP contribution in [-0.2, 0) is 6.42 Å². The minimum atomic E-state index is -0.339. The fraction of sp³-hybridized carbons (Fsp3) is 0.750. The lowest BCUT2D eigenvalue weighted by Gasteiger charge is -2.37. The van der Waals surface area contributed by atoms with Crippen LogP contribution in [0.3, 0.4) is 0 Å². The number of halogens is 1. The molecule has 0 nitrogen and oxygen atoms in total. The van der Waals surface area contributed by atoms with E-state index in [-0.39, 0.29) is 14.6 Å². The predicted molar refractivity (Wildman–Crippen MR) is 114 cm³/mol. The van der Waals surface area contributed by atoms with Crippen molar-refractivity contribution in [3.05, 3.63) is 35.6 Å². The lowest BCUT2D eigenvalue weighted by atomic mass is 9.73. The molecule has 2 aliphatic rings. The number of hydrogen-bond donors (Lipinski definition) is 0. The summed E-state index contributed by atoms with van der Waals surface area (Å²) in [5.41, 5.74) is 1.31. The first-order valence-corrected chi connectivity index (χ1v) is 13.9. The van der Waals surface area contributed by atoms with Gasteiger partial charge in [-0.1, -0.05) is 82.1 Å². The molecule has 0 N–H and O–H groups in total. The topological polar surface area (TPSA) is 0 Å². The van der Waals surface area contributed by atoms with Gasteiger partial charge in [-0.05, 0) is 61.1 Å². The lowest BCUT2D eigenvalue weighted by Crippen LogP contribution is -2.28. The zero-order valence-corrected chi connectivity index (χ0v) is 18.1. The maximum Gasteiger partial charge on any atom is 0.123 e. The van der Waals surface area contributed by atoms with Crippen molar-refractivity contribution in [2.24, 2.45) is 17.8 Å². The maximum absolute atomic E-state index is 13.0. The molecule has 2 fully saturated rings. The van der Waals surface area contributed by atoms with Crippen LogP contribution in [0.15, 0.2) is 24.3 Å². The van der Waals surface area contributed by atoms with E-state index in [0.717, 1.165) is 24.2 Å². The van der Waals surface area contributed by atoms with Gasteiger partial charge >= 0.3 is 0 Å². The highest BCUT2D eigenvalue weighted by Gasteiger charge is 2.30. The average molecular weight is 375 g/mol. The van der Waals surface area contributed by atoms with Gasteiger partial charge in [-0.3, -0.25) is 0 Å². The number of rotatable bonds is 8. The molecule has 1 saturated heterocycles. The van der Waals surface area contributed by atoms with E-state index >= 15 is 0 Å². The summed E-state index contributed by atoms with van der Waals surface area (Å²) in [6, 6.07) is 12.1. The maximum atomic E-state index is 13.0. The standard InChI is InChI=1S/C24H39FSi/c1-2-3-4-17-26-18-15-23(16-19-26)22-11-7-20(8-12-22)5-6-21-9-13-24(25)14-10-21/h9-10,13-14,20,22-23,26H,2-8,11-12,15-19H2,1H3/t20-,22-,23-,26-. The molecule has 0 unspecified atom stereocenters. The van der Waals surface area contributed by atoms with Crippen LogP contribution < -0.4 is 0 Å². The van der Waals surface area contributed by atoms with Crippen LogP contribution in [-0.4, -0.2) is 8.80 Å². The third-order valence-electron chi connectivity index (χ3n) is 7.42. The zero-order chi connectivity index (χ0) is 18.2. The first kappa shape index (κ1) is 20.1. The van der Waals surface area contributed by atoms with Crippen molar-refractivity contribution in [3.63, 3.8) is 0 Å². The third kappa shape index (κ3) is 6.22. The third-order valence-corrected chi connectivity index (χ3v) is 10.9. The van der Waals surface area contributed by atoms with E-state index in [0.29, 0.717) is 0 Å². The fourth-order valence-corrected chi connectivity index (χ4v) is 9.13. The number of aryl methyl sites for hydroxylation is 1. The molecule has 0 amide bonds. The van der Waals surface area contributed by atoms with Crippen LogP contribution in [0.2, 0.25) is 18.1 Å². The van der Waals surface area contributed by atoms with Crippen molar-refractivity contribution in [1.82, 2.24) is 0 Å². The Bertz CT molecular complexity index is 495. The highest BCUT2D eigenvalue weighted by molar-refractivity contribution is 6.58. The molecule has 1 aromatic carbocycles. The van der Waals surface area contributed by atoms with Gasteiger partial charge in [-0.2, -0.15) is 0 Å². The molecule has 1 heterocycles. The Hall–Kier alpha value is -0.633. The number of benzene rings is 1. The van der Waals surface area contributed by atoms with Gasteiger partial charge in [0.05, 0.1) is 0 Å². The first-order valence-electron chi connectivity index (χ1n) is 11.5. The summed E-state index contributed by atoms with van der Waals surface area (Å²) in [6.07, 6.45) is 15.8. The smallest absolute Gasteiger partial charge is 0.123 e. The summed E-state index contributed by atoms with van der Waals surface area (Å²) in [5.74, 6) is 2.92. The van der Waals surface area contributed by atoms with E-state index in [1.54, 1.807) is 43.1 Å². The fourth-order valence-electron chi connectivity index (χ4n) is 5.60. The molecule has 0 radical (unpaired) electrons. The summed E-state index contributed by atoms with van der Waals surface area (Å²) in [5, 5.41) is 0. The van der Waals surface area contributed by atoms with Crippen molar-refractivity contribution < 1.29 is 4.39 Å². The van der Waals surface area contributed by atoms with Crippen LogP contribution in [0.1, 0.15) is 76.7 Å². The molecule has 0 spiro atoms. The van der Waals surface area contributed by atoms with E-state index in [1.807, 2.05) is 12.1 Å². The Morgan fingerprint density at radius 3 is 2.19 bits per heavy atom. The van der Waals surface area contributed by atoms with E-state index in [9.17, 15) is 4.39 Å². The first-order chi connectivity index (χ1) is 12.7. The molecule has 0 aromatic heterocycles. The lowest BCUT2D eigenvalue weighted by molar-refractivity contribution is 0.186.